The van der Waals surface area contributed by atoms with Crippen molar-refractivity contribution in [3.8, 4) is 17.2 Å². The molecule has 2 aromatic carbocycles. The summed E-state index contributed by atoms with van der Waals surface area (Å²) in [5.74, 6) is -0.705. The molecule has 0 unspecified atom stereocenters. The second kappa shape index (κ2) is 12.2. The number of hydrogen-bond donors (Lipinski definition) is 3. The van der Waals surface area contributed by atoms with Gasteiger partial charge in [0.1, 0.15) is 11.6 Å². The number of nitrogens with one attached hydrogen (secondary N) is 1. The van der Waals surface area contributed by atoms with E-state index in [4.69, 9.17) is 19.7 Å². The Hall–Kier alpha value is -3.39. The van der Waals surface area contributed by atoms with Crippen LogP contribution in [-0.4, -0.2) is 41.8 Å². The van der Waals surface area contributed by atoms with Gasteiger partial charge in [0.25, 0.3) is 0 Å². The Labute approximate surface area is 173 Å². The molecule has 30 heavy (non-hydrogen) atoms. The first-order valence-corrected chi connectivity index (χ1v) is 9.44. The van der Waals surface area contributed by atoms with Crippen LogP contribution in [0.3, 0.4) is 0 Å². The van der Waals surface area contributed by atoms with Crippen molar-refractivity contribution in [2.75, 3.05) is 19.7 Å². The molecular weight excluding hydrogens is 393 g/mol. The lowest BCUT2D eigenvalue weighted by Gasteiger charge is -2.23. The summed E-state index contributed by atoms with van der Waals surface area (Å²) in [6.07, 6.45) is 3.44. The Morgan fingerprint density at radius 3 is 2.37 bits per heavy atom. The molecule has 0 aliphatic carbocycles. The van der Waals surface area contributed by atoms with E-state index in [-0.39, 0.29) is 5.82 Å². The van der Waals surface area contributed by atoms with Crippen molar-refractivity contribution in [2.24, 2.45) is 5.92 Å². The van der Waals surface area contributed by atoms with E-state index in [1.807, 2.05) is 30.3 Å². The van der Waals surface area contributed by atoms with Crippen LogP contribution in [-0.2, 0) is 9.59 Å². The molecule has 0 spiro atoms. The van der Waals surface area contributed by atoms with Crippen LogP contribution in [0.2, 0.25) is 0 Å². The second-order valence-corrected chi connectivity index (χ2v) is 6.54. The zero-order valence-corrected chi connectivity index (χ0v) is 16.3. The Morgan fingerprint density at radius 1 is 1.07 bits per heavy atom. The molecule has 0 saturated carbocycles. The van der Waals surface area contributed by atoms with E-state index in [2.05, 4.69) is 5.32 Å². The summed E-state index contributed by atoms with van der Waals surface area (Å²) in [4.78, 5) is 19.1. The summed E-state index contributed by atoms with van der Waals surface area (Å²) >= 11 is 0. The first-order chi connectivity index (χ1) is 14.4. The lowest BCUT2D eigenvalue weighted by molar-refractivity contribution is -0.134. The summed E-state index contributed by atoms with van der Waals surface area (Å²) in [5, 5.41) is 19.0. The Bertz CT molecular complexity index is 834. The molecule has 1 aliphatic heterocycles. The maximum absolute atomic E-state index is 13.5. The number of piperidine rings is 1. The van der Waals surface area contributed by atoms with Gasteiger partial charge in [0.2, 0.25) is 0 Å². The van der Waals surface area contributed by atoms with Gasteiger partial charge in [0.15, 0.2) is 11.5 Å². The zero-order valence-electron chi connectivity index (χ0n) is 16.3. The summed E-state index contributed by atoms with van der Waals surface area (Å²) < 4.78 is 25.1. The molecule has 3 N–H and O–H groups in total. The third-order valence-electron chi connectivity index (χ3n) is 4.12. The molecule has 0 bridgehead atoms. The van der Waals surface area contributed by atoms with Gasteiger partial charge < -0.3 is 25.0 Å². The number of rotatable bonds is 7. The van der Waals surface area contributed by atoms with Crippen LogP contribution in [0.25, 0.3) is 0 Å². The van der Waals surface area contributed by atoms with E-state index in [9.17, 15) is 14.0 Å². The van der Waals surface area contributed by atoms with Gasteiger partial charge in [-0.1, -0.05) is 18.2 Å². The Morgan fingerprint density at radius 2 is 1.77 bits per heavy atom. The first-order valence-electron chi connectivity index (χ1n) is 9.44. The number of hydrogen-bond acceptors (Lipinski definition) is 5. The monoisotopic (exact) mass is 417 g/mol. The van der Waals surface area contributed by atoms with E-state index in [0.29, 0.717) is 41.9 Å². The predicted molar refractivity (Wildman–Crippen MR) is 108 cm³/mol. The summed E-state index contributed by atoms with van der Waals surface area (Å²) in [6.45, 7) is 2.66. The Balaban J connectivity index is 0.000000343. The average molecular weight is 417 g/mol. The van der Waals surface area contributed by atoms with Crippen molar-refractivity contribution in [1.82, 2.24) is 5.32 Å². The maximum atomic E-state index is 13.5. The lowest BCUT2D eigenvalue weighted by Crippen LogP contribution is -2.33. The number of carboxylic acids is 2. The third kappa shape index (κ3) is 8.74. The lowest BCUT2D eigenvalue weighted by atomic mass is 10.0. The van der Waals surface area contributed by atoms with Gasteiger partial charge in [-0.3, -0.25) is 0 Å². The SMILES string of the molecule is Fc1ccc(OC[C@H]2CCCNC2)c(Oc2ccccc2)c1.O=C(O)C=CC(=O)O. The van der Waals surface area contributed by atoms with Gasteiger partial charge in [0.05, 0.1) is 6.61 Å². The number of benzene rings is 2. The normalized spacial score (nSPS) is 15.7. The van der Waals surface area contributed by atoms with Crippen molar-refractivity contribution in [1.29, 1.82) is 0 Å². The molecule has 160 valence electrons. The topological polar surface area (TPSA) is 105 Å². The van der Waals surface area contributed by atoms with E-state index >= 15 is 0 Å². The van der Waals surface area contributed by atoms with Crippen LogP contribution >= 0.6 is 0 Å². The average Bonchev–Trinajstić information content (AvgIpc) is 2.74. The van der Waals surface area contributed by atoms with Crippen LogP contribution < -0.4 is 14.8 Å². The molecule has 1 aliphatic rings. The molecule has 8 heteroatoms. The molecule has 0 aromatic heterocycles. The van der Waals surface area contributed by atoms with Crippen molar-refractivity contribution < 1.29 is 33.7 Å². The summed E-state index contributed by atoms with van der Waals surface area (Å²) in [5.41, 5.74) is 0. The van der Waals surface area contributed by atoms with Crippen molar-refractivity contribution in [3.63, 3.8) is 0 Å². The molecular formula is C22H24FNO6. The largest absolute Gasteiger partial charge is 0.489 e. The fourth-order valence-electron chi connectivity index (χ4n) is 2.71. The minimum absolute atomic E-state index is 0.336. The fourth-order valence-corrected chi connectivity index (χ4v) is 2.71. The van der Waals surface area contributed by atoms with Gasteiger partial charge in [-0.15, -0.1) is 0 Å². The van der Waals surface area contributed by atoms with E-state index in [1.54, 1.807) is 6.07 Å². The maximum Gasteiger partial charge on any atom is 0.328 e. The number of carbonyl (C=O) groups is 2. The standard InChI is InChI=1S/C18H20FNO2.C4H4O4/c19-15-8-9-17(21-13-14-5-4-10-20-12-14)18(11-15)22-16-6-2-1-3-7-16;5-3(6)1-2-4(7)8/h1-3,6-9,11,14,20H,4-5,10,12-13H2;1-2H,(H,5,6)(H,7,8)/t14-;/m0./s1. The van der Waals surface area contributed by atoms with Crippen LogP contribution in [0.15, 0.2) is 60.7 Å². The van der Waals surface area contributed by atoms with Crippen LogP contribution in [0.4, 0.5) is 4.39 Å². The minimum atomic E-state index is -1.26. The highest BCUT2D eigenvalue weighted by atomic mass is 19.1. The van der Waals surface area contributed by atoms with Crippen LogP contribution in [0, 0.1) is 11.7 Å². The minimum Gasteiger partial charge on any atom is -0.489 e. The van der Waals surface area contributed by atoms with Crippen LogP contribution in [0.5, 0.6) is 17.2 Å². The summed E-state index contributed by atoms with van der Waals surface area (Å²) in [7, 11) is 0. The first kappa shape index (κ1) is 22.9. The van der Waals surface area contributed by atoms with E-state index < -0.39 is 11.9 Å². The molecule has 1 fully saturated rings. The molecule has 1 atom stereocenters. The highest BCUT2D eigenvalue weighted by Crippen LogP contribution is 2.32. The van der Waals surface area contributed by atoms with E-state index in [0.717, 1.165) is 19.5 Å². The second-order valence-electron chi connectivity index (χ2n) is 6.54. The van der Waals surface area contributed by atoms with Gasteiger partial charge in [-0.05, 0) is 43.7 Å². The quantitative estimate of drug-likeness (QED) is 0.590. The highest BCUT2D eigenvalue weighted by molar-refractivity contribution is 5.89. The number of carboxylic acid groups (broad SMARTS) is 2. The Kier molecular flexibility index (Phi) is 9.33. The molecule has 0 radical (unpaired) electrons. The van der Waals surface area contributed by atoms with E-state index in [1.165, 1.54) is 18.6 Å². The van der Waals surface area contributed by atoms with Gasteiger partial charge >= 0.3 is 11.9 Å². The third-order valence-corrected chi connectivity index (χ3v) is 4.12. The molecule has 3 rings (SSSR count). The highest BCUT2D eigenvalue weighted by Gasteiger charge is 2.15. The fraction of sp³-hybridized carbons (Fsp3) is 0.273. The number of para-hydroxylation sites is 1. The molecule has 7 nitrogen and oxygen atoms in total. The van der Waals surface area contributed by atoms with Crippen molar-refractivity contribution >= 4 is 11.9 Å². The molecule has 1 heterocycles. The molecule has 0 amide bonds. The molecule has 2 aromatic rings. The smallest absolute Gasteiger partial charge is 0.328 e. The van der Waals surface area contributed by atoms with Crippen LogP contribution in [0.1, 0.15) is 12.8 Å². The summed E-state index contributed by atoms with van der Waals surface area (Å²) in [6, 6.07) is 13.7. The molecule has 1 saturated heterocycles. The zero-order chi connectivity index (χ0) is 21.8. The van der Waals surface area contributed by atoms with Gasteiger partial charge in [0, 0.05) is 30.7 Å². The van der Waals surface area contributed by atoms with Crippen molar-refractivity contribution in [2.45, 2.75) is 12.8 Å². The number of halogens is 1. The number of ether oxygens (including phenoxy) is 2. The van der Waals surface area contributed by atoms with Gasteiger partial charge in [-0.25, -0.2) is 14.0 Å². The predicted octanol–water partition coefficient (Wildman–Crippen LogP) is 3.71. The van der Waals surface area contributed by atoms with Crippen molar-refractivity contribution in [3.05, 3.63) is 66.5 Å². The van der Waals surface area contributed by atoms with Gasteiger partial charge in [-0.2, -0.15) is 0 Å². The number of aliphatic carboxylic acids is 2.